The maximum Gasteiger partial charge on any atom is 0.161 e. The highest BCUT2D eigenvalue weighted by atomic mass is 35.5. The van der Waals surface area contributed by atoms with Gasteiger partial charge < -0.3 is 14.2 Å². The molecular weight excluding hydrogens is 398 g/mol. The molecule has 4 rings (SSSR count). The van der Waals surface area contributed by atoms with E-state index in [0.717, 1.165) is 42.5 Å². The number of methoxy groups -OCH3 is 2. The molecule has 0 spiro atoms. The smallest absolute Gasteiger partial charge is 0.161 e. The van der Waals surface area contributed by atoms with Crippen molar-refractivity contribution < 1.29 is 14.2 Å². The van der Waals surface area contributed by atoms with Crippen LogP contribution < -0.4 is 14.2 Å². The first-order valence-corrected chi connectivity index (χ1v) is 10.5. The number of hydrogen-bond acceptors (Lipinski definition) is 4. The lowest BCUT2D eigenvalue weighted by molar-refractivity contribution is 0.191. The first kappa shape index (κ1) is 20.6. The van der Waals surface area contributed by atoms with Gasteiger partial charge >= 0.3 is 0 Å². The van der Waals surface area contributed by atoms with Gasteiger partial charge in [-0.1, -0.05) is 23.7 Å². The van der Waals surface area contributed by atoms with E-state index in [1.54, 1.807) is 14.2 Å². The Labute approximate surface area is 182 Å². The summed E-state index contributed by atoms with van der Waals surface area (Å²) in [6.07, 6.45) is 0.987. The maximum absolute atomic E-state index is 6.02. The van der Waals surface area contributed by atoms with Gasteiger partial charge in [0.05, 0.1) is 14.2 Å². The second-order valence-corrected chi connectivity index (χ2v) is 7.94. The zero-order valence-corrected chi connectivity index (χ0v) is 18.3. The number of fused-ring (bicyclic) bond motifs is 1. The number of hydrogen-bond donors (Lipinski definition) is 0. The molecule has 5 heteroatoms. The molecule has 1 unspecified atom stereocenters. The van der Waals surface area contributed by atoms with Crippen LogP contribution in [0.15, 0.2) is 60.7 Å². The van der Waals surface area contributed by atoms with Crippen molar-refractivity contribution in [3.8, 4) is 23.0 Å². The summed E-state index contributed by atoms with van der Waals surface area (Å²) in [5.74, 6) is 3.18. The molecule has 3 aromatic rings. The quantitative estimate of drug-likeness (QED) is 0.467. The van der Waals surface area contributed by atoms with E-state index in [4.69, 9.17) is 25.8 Å². The molecule has 1 aliphatic heterocycles. The molecule has 156 valence electrons. The van der Waals surface area contributed by atoms with E-state index in [0.29, 0.717) is 5.02 Å². The first-order chi connectivity index (χ1) is 14.6. The van der Waals surface area contributed by atoms with E-state index in [-0.39, 0.29) is 6.04 Å². The van der Waals surface area contributed by atoms with Crippen molar-refractivity contribution in [1.29, 1.82) is 0 Å². The summed E-state index contributed by atoms with van der Waals surface area (Å²) in [5.41, 5.74) is 3.85. The standard InChI is InChI=1S/C25H26ClNO3/c1-17(18-5-4-6-23(13-18)30-22-9-7-21(26)8-10-22)27-12-11-19-14-24(28-2)25(29-3)15-20(19)16-27/h4-10,13-15,17H,11-12,16H2,1-3H3. The van der Waals surface area contributed by atoms with Crippen LogP contribution in [-0.4, -0.2) is 25.7 Å². The molecule has 0 fully saturated rings. The predicted octanol–water partition coefficient (Wildman–Crippen LogP) is 6.27. The molecule has 1 heterocycles. The summed E-state index contributed by atoms with van der Waals surface area (Å²) in [4.78, 5) is 2.48. The van der Waals surface area contributed by atoms with Crippen molar-refractivity contribution >= 4 is 11.6 Å². The molecule has 3 aromatic carbocycles. The third-order valence-corrected chi connectivity index (χ3v) is 5.94. The van der Waals surface area contributed by atoms with Crippen molar-refractivity contribution in [3.05, 3.63) is 82.4 Å². The Morgan fingerprint density at radius 2 is 1.57 bits per heavy atom. The molecule has 0 aromatic heterocycles. The van der Waals surface area contributed by atoms with Crippen molar-refractivity contribution in [2.75, 3.05) is 20.8 Å². The van der Waals surface area contributed by atoms with Gasteiger partial charge in [0.15, 0.2) is 11.5 Å². The number of benzene rings is 3. The Kier molecular flexibility index (Phi) is 6.16. The fraction of sp³-hybridized carbons (Fsp3) is 0.280. The molecule has 4 nitrogen and oxygen atoms in total. The zero-order chi connectivity index (χ0) is 21.1. The Morgan fingerprint density at radius 3 is 2.27 bits per heavy atom. The van der Waals surface area contributed by atoms with Crippen LogP contribution in [0.25, 0.3) is 0 Å². The Balaban J connectivity index is 1.51. The Morgan fingerprint density at radius 1 is 0.867 bits per heavy atom. The molecule has 1 atom stereocenters. The topological polar surface area (TPSA) is 30.9 Å². The number of ether oxygens (including phenoxy) is 3. The molecule has 0 bridgehead atoms. The van der Waals surface area contributed by atoms with Crippen molar-refractivity contribution in [2.45, 2.75) is 25.9 Å². The highest BCUT2D eigenvalue weighted by molar-refractivity contribution is 6.30. The monoisotopic (exact) mass is 423 g/mol. The van der Waals surface area contributed by atoms with Gasteiger partial charge in [0.2, 0.25) is 0 Å². The summed E-state index contributed by atoms with van der Waals surface area (Å²) in [7, 11) is 3.36. The SMILES string of the molecule is COc1cc2c(cc1OC)CN(C(C)c1cccc(Oc3ccc(Cl)cc3)c1)CC2. The van der Waals surface area contributed by atoms with E-state index in [1.807, 2.05) is 36.4 Å². The molecule has 0 N–H and O–H groups in total. The van der Waals surface area contributed by atoms with Gasteiger partial charge in [-0.05, 0) is 78.6 Å². The molecular formula is C25H26ClNO3. The minimum Gasteiger partial charge on any atom is -0.493 e. The molecule has 1 aliphatic rings. The average molecular weight is 424 g/mol. The molecule has 0 aliphatic carbocycles. The normalized spacial score (nSPS) is 14.7. The maximum atomic E-state index is 6.02. The largest absolute Gasteiger partial charge is 0.493 e. The van der Waals surface area contributed by atoms with Gasteiger partial charge in [0.25, 0.3) is 0 Å². The van der Waals surface area contributed by atoms with Crippen molar-refractivity contribution in [3.63, 3.8) is 0 Å². The van der Waals surface area contributed by atoms with Gasteiger partial charge in [-0.3, -0.25) is 4.90 Å². The lowest BCUT2D eigenvalue weighted by atomic mass is 9.96. The van der Waals surface area contributed by atoms with Crippen LogP contribution in [0.5, 0.6) is 23.0 Å². The van der Waals surface area contributed by atoms with Crippen LogP contribution in [0, 0.1) is 0 Å². The number of nitrogens with zero attached hydrogens (tertiary/aromatic N) is 1. The predicted molar refractivity (Wildman–Crippen MR) is 120 cm³/mol. The van der Waals surface area contributed by atoms with Crippen LogP contribution in [0.2, 0.25) is 5.02 Å². The summed E-state index contributed by atoms with van der Waals surface area (Å²) >= 11 is 5.96. The van der Waals surface area contributed by atoms with Gasteiger partial charge in [-0.2, -0.15) is 0 Å². The zero-order valence-electron chi connectivity index (χ0n) is 17.5. The summed E-state index contributed by atoms with van der Waals surface area (Å²) < 4.78 is 17.0. The van der Waals surface area contributed by atoms with E-state index in [1.165, 1.54) is 16.7 Å². The van der Waals surface area contributed by atoms with Crippen LogP contribution in [0.3, 0.4) is 0 Å². The average Bonchev–Trinajstić information content (AvgIpc) is 2.79. The summed E-state index contributed by atoms with van der Waals surface area (Å²) in [5, 5.41) is 0.698. The molecule has 0 radical (unpaired) electrons. The number of rotatable bonds is 6. The minimum absolute atomic E-state index is 0.264. The van der Waals surface area contributed by atoms with Crippen LogP contribution >= 0.6 is 11.6 Å². The second kappa shape index (κ2) is 8.99. The van der Waals surface area contributed by atoms with E-state index in [2.05, 4.69) is 36.1 Å². The van der Waals surface area contributed by atoms with Gasteiger partial charge in [-0.25, -0.2) is 0 Å². The lowest BCUT2D eigenvalue weighted by Gasteiger charge is -2.34. The number of halogens is 1. The third-order valence-electron chi connectivity index (χ3n) is 5.69. The fourth-order valence-corrected chi connectivity index (χ4v) is 4.05. The fourth-order valence-electron chi connectivity index (χ4n) is 3.92. The van der Waals surface area contributed by atoms with Crippen molar-refractivity contribution in [1.82, 2.24) is 4.90 Å². The highest BCUT2D eigenvalue weighted by Gasteiger charge is 2.24. The molecule has 0 saturated heterocycles. The minimum atomic E-state index is 0.264. The van der Waals surface area contributed by atoms with Gasteiger partial charge in [0.1, 0.15) is 11.5 Å². The van der Waals surface area contributed by atoms with Crippen LogP contribution in [0.1, 0.15) is 29.7 Å². The van der Waals surface area contributed by atoms with Crippen molar-refractivity contribution in [2.24, 2.45) is 0 Å². The van der Waals surface area contributed by atoms with Crippen LogP contribution in [0.4, 0.5) is 0 Å². The molecule has 0 amide bonds. The molecule has 30 heavy (non-hydrogen) atoms. The van der Waals surface area contributed by atoms with Crippen LogP contribution in [-0.2, 0) is 13.0 Å². The van der Waals surface area contributed by atoms with Gasteiger partial charge in [0, 0.05) is 24.2 Å². The molecule has 0 saturated carbocycles. The third kappa shape index (κ3) is 4.40. The summed E-state index contributed by atoms with van der Waals surface area (Å²) in [6.45, 7) is 4.11. The Bertz CT molecular complexity index is 1020. The first-order valence-electron chi connectivity index (χ1n) is 10.1. The summed E-state index contributed by atoms with van der Waals surface area (Å²) in [6, 6.07) is 20.2. The van der Waals surface area contributed by atoms with E-state index >= 15 is 0 Å². The van der Waals surface area contributed by atoms with E-state index in [9.17, 15) is 0 Å². The highest BCUT2D eigenvalue weighted by Crippen LogP contribution is 2.36. The van der Waals surface area contributed by atoms with E-state index < -0.39 is 0 Å². The van der Waals surface area contributed by atoms with Gasteiger partial charge in [-0.15, -0.1) is 0 Å². The second-order valence-electron chi connectivity index (χ2n) is 7.50. The lowest BCUT2D eigenvalue weighted by Crippen LogP contribution is -2.33. The Hall–Kier alpha value is -2.69.